The quantitative estimate of drug-likeness (QED) is 0.855. The zero-order valence-corrected chi connectivity index (χ0v) is 12.4. The smallest absolute Gasteiger partial charge is 0.262 e. The average Bonchev–Trinajstić information content (AvgIpc) is 2.36. The molecule has 0 aliphatic rings. The number of likely N-dealkylation sites (N-methyl/N-ethyl adjacent to an activating group) is 1. The zero-order valence-electron chi connectivity index (χ0n) is 12.4. The minimum Gasteiger partial charge on any atom is -0.481 e. The van der Waals surface area contributed by atoms with E-state index in [-0.39, 0.29) is 5.91 Å². The summed E-state index contributed by atoms with van der Waals surface area (Å²) in [4.78, 5) is 13.2. The topological polar surface area (TPSA) is 41.6 Å². The molecule has 1 atom stereocenters. The summed E-state index contributed by atoms with van der Waals surface area (Å²) in [5, 5.41) is 3.35. The van der Waals surface area contributed by atoms with Crippen LogP contribution in [-0.4, -0.2) is 37.0 Å². The third-order valence-corrected chi connectivity index (χ3v) is 2.74. The predicted octanol–water partition coefficient (Wildman–Crippen LogP) is 2.04. The second-order valence-corrected chi connectivity index (χ2v) is 5.17. The molecule has 4 nitrogen and oxygen atoms in total. The first kappa shape index (κ1) is 15.5. The van der Waals surface area contributed by atoms with Gasteiger partial charge in [0.1, 0.15) is 5.75 Å². The molecule has 1 amide bonds. The standard InChI is InChI=1S/C15H24N2O2/c1-11(2)16-10-13-6-8-14(9-7-13)19-12(3)15(18)17(4)5/h6-9,11-12,16H,10H2,1-5H3. The van der Waals surface area contributed by atoms with Crippen LogP contribution in [0.2, 0.25) is 0 Å². The summed E-state index contributed by atoms with van der Waals surface area (Å²) in [7, 11) is 3.45. The Morgan fingerprint density at radius 1 is 1.21 bits per heavy atom. The van der Waals surface area contributed by atoms with E-state index in [0.717, 1.165) is 12.3 Å². The molecule has 0 bridgehead atoms. The summed E-state index contributed by atoms with van der Waals surface area (Å²) in [6.07, 6.45) is -0.463. The summed E-state index contributed by atoms with van der Waals surface area (Å²) in [6, 6.07) is 8.29. The van der Waals surface area contributed by atoms with Crippen LogP contribution in [0.1, 0.15) is 26.3 Å². The van der Waals surface area contributed by atoms with Crippen LogP contribution in [0.3, 0.4) is 0 Å². The fraction of sp³-hybridized carbons (Fsp3) is 0.533. The lowest BCUT2D eigenvalue weighted by Crippen LogP contribution is -2.35. The molecular formula is C15H24N2O2. The van der Waals surface area contributed by atoms with Crippen LogP contribution in [0.4, 0.5) is 0 Å². The van der Waals surface area contributed by atoms with Crippen molar-refractivity contribution in [3.8, 4) is 5.75 Å². The fourth-order valence-electron chi connectivity index (χ4n) is 1.63. The van der Waals surface area contributed by atoms with Crippen molar-refractivity contribution in [3.05, 3.63) is 29.8 Å². The highest BCUT2D eigenvalue weighted by molar-refractivity contribution is 5.80. The normalized spacial score (nSPS) is 12.3. The highest BCUT2D eigenvalue weighted by Gasteiger charge is 2.16. The first-order chi connectivity index (χ1) is 8.90. The van der Waals surface area contributed by atoms with Gasteiger partial charge in [-0.2, -0.15) is 0 Å². The first-order valence-corrected chi connectivity index (χ1v) is 6.60. The van der Waals surface area contributed by atoms with Gasteiger partial charge in [0.15, 0.2) is 6.10 Å². The Balaban J connectivity index is 2.54. The van der Waals surface area contributed by atoms with Crippen LogP contribution in [0.15, 0.2) is 24.3 Å². The van der Waals surface area contributed by atoms with Crippen molar-refractivity contribution >= 4 is 5.91 Å². The van der Waals surface area contributed by atoms with Crippen LogP contribution in [0.5, 0.6) is 5.75 Å². The third-order valence-electron chi connectivity index (χ3n) is 2.74. The molecule has 0 aliphatic carbocycles. The molecule has 1 unspecified atom stereocenters. The molecule has 4 heteroatoms. The monoisotopic (exact) mass is 264 g/mol. The van der Waals surface area contributed by atoms with E-state index >= 15 is 0 Å². The van der Waals surface area contributed by atoms with Crippen molar-refractivity contribution in [1.82, 2.24) is 10.2 Å². The highest BCUT2D eigenvalue weighted by atomic mass is 16.5. The van der Waals surface area contributed by atoms with Crippen LogP contribution < -0.4 is 10.1 Å². The molecule has 1 rings (SSSR count). The Morgan fingerprint density at radius 2 is 1.79 bits per heavy atom. The highest BCUT2D eigenvalue weighted by Crippen LogP contribution is 2.14. The summed E-state index contributed by atoms with van der Waals surface area (Å²) in [5.74, 6) is 0.682. The predicted molar refractivity (Wildman–Crippen MR) is 77.2 cm³/mol. The van der Waals surface area contributed by atoms with Gasteiger partial charge in [-0.15, -0.1) is 0 Å². The molecule has 1 N–H and O–H groups in total. The summed E-state index contributed by atoms with van der Waals surface area (Å²) in [6.45, 7) is 6.83. The SMILES string of the molecule is CC(C)NCc1ccc(OC(C)C(=O)N(C)C)cc1. The van der Waals surface area contributed by atoms with Crippen molar-refractivity contribution in [2.24, 2.45) is 0 Å². The number of carbonyl (C=O) groups excluding carboxylic acids is 1. The molecule has 19 heavy (non-hydrogen) atoms. The maximum atomic E-state index is 11.7. The minimum absolute atomic E-state index is 0.0365. The molecule has 0 saturated heterocycles. The molecule has 0 fully saturated rings. The number of nitrogens with one attached hydrogen (secondary N) is 1. The van der Waals surface area contributed by atoms with Crippen molar-refractivity contribution in [1.29, 1.82) is 0 Å². The van der Waals surface area contributed by atoms with Gasteiger partial charge in [-0.3, -0.25) is 4.79 Å². The number of rotatable bonds is 6. The second kappa shape index (κ2) is 7.14. The second-order valence-electron chi connectivity index (χ2n) is 5.17. The van der Waals surface area contributed by atoms with Gasteiger partial charge in [0, 0.05) is 26.7 Å². The van der Waals surface area contributed by atoms with Gasteiger partial charge in [-0.1, -0.05) is 26.0 Å². The molecule has 0 spiro atoms. The molecule has 0 heterocycles. The minimum atomic E-state index is -0.463. The number of hydrogen-bond acceptors (Lipinski definition) is 3. The van der Waals surface area contributed by atoms with Crippen LogP contribution in [0, 0.1) is 0 Å². The van der Waals surface area contributed by atoms with Crippen molar-refractivity contribution in [2.45, 2.75) is 39.5 Å². The largest absolute Gasteiger partial charge is 0.481 e. The number of benzene rings is 1. The van der Waals surface area contributed by atoms with Crippen molar-refractivity contribution < 1.29 is 9.53 Å². The third kappa shape index (κ3) is 5.30. The molecule has 1 aromatic rings. The lowest BCUT2D eigenvalue weighted by Gasteiger charge is -2.18. The van der Waals surface area contributed by atoms with E-state index in [9.17, 15) is 4.79 Å². The van der Waals surface area contributed by atoms with Gasteiger partial charge >= 0.3 is 0 Å². The zero-order chi connectivity index (χ0) is 14.4. The van der Waals surface area contributed by atoms with E-state index in [1.165, 1.54) is 10.5 Å². The number of carbonyl (C=O) groups is 1. The number of hydrogen-bond donors (Lipinski definition) is 1. The van der Waals surface area contributed by atoms with Crippen molar-refractivity contribution in [3.63, 3.8) is 0 Å². The van der Waals surface area contributed by atoms with Gasteiger partial charge in [0.25, 0.3) is 5.91 Å². The van der Waals surface area contributed by atoms with E-state index in [1.807, 2.05) is 24.3 Å². The molecule has 0 radical (unpaired) electrons. The fourth-order valence-corrected chi connectivity index (χ4v) is 1.63. The van der Waals surface area contributed by atoms with Gasteiger partial charge < -0.3 is 15.0 Å². The molecule has 0 saturated carbocycles. The first-order valence-electron chi connectivity index (χ1n) is 6.60. The number of ether oxygens (including phenoxy) is 1. The molecular weight excluding hydrogens is 240 g/mol. The van der Waals surface area contributed by atoms with E-state index in [1.54, 1.807) is 21.0 Å². The Kier molecular flexibility index (Phi) is 5.83. The Morgan fingerprint density at radius 3 is 2.26 bits per heavy atom. The summed E-state index contributed by atoms with van der Waals surface area (Å²) >= 11 is 0. The molecule has 0 aromatic heterocycles. The Hall–Kier alpha value is -1.55. The lowest BCUT2D eigenvalue weighted by molar-refractivity contribution is -0.135. The Bertz CT molecular complexity index is 399. The van der Waals surface area contributed by atoms with E-state index in [2.05, 4.69) is 19.2 Å². The van der Waals surface area contributed by atoms with E-state index in [4.69, 9.17) is 4.74 Å². The van der Waals surface area contributed by atoms with Gasteiger partial charge in [0.05, 0.1) is 0 Å². The van der Waals surface area contributed by atoms with Crippen LogP contribution in [-0.2, 0) is 11.3 Å². The van der Waals surface area contributed by atoms with Crippen molar-refractivity contribution in [2.75, 3.05) is 14.1 Å². The maximum Gasteiger partial charge on any atom is 0.262 e. The van der Waals surface area contributed by atoms with Crippen LogP contribution in [0.25, 0.3) is 0 Å². The maximum absolute atomic E-state index is 11.7. The Labute approximate surface area is 115 Å². The van der Waals surface area contributed by atoms with Gasteiger partial charge in [-0.25, -0.2) is 0 Å². The molecule has 1 aromatic carbocycles. The number of amides is 1. The summed E-state index contributed by atoms with van der Waals surface area (Å²) in [5.41, 5.74) is 1.20. The van der Waals surface area contributed by atoms with Gasteiger partial charge in [-0.05, 0) is 24.6 Å². The van der Waals surface area contributed by atoms with Crippen LogP contribution >= 0.6 is 0 Å². The van der Waals surface area contributed by atoms with E-state index < -0.39 is 6.10 Å². The summed E-state index contributed by atoms with van der Waals surface area (Å²) < 4.78 is 5.61. The lowest BCUT2D eigenvalue weighted by atomic mass is 10.2. The molecule has 106 valence electrons. The van der Waals surface area contributed by atoms with Gasteiger partial charge in [0.2, 0.25) is 0 Å². The van der Waals surface area contributed by atoms with E-state index in [0.29, 0.717) is 6.04 Å². The number of nitrogens with zero attached hydrogens (tertiary/aromatic N) is 1. The average molecular weight is 264 g/mol. The molecule has 0 aliphatic heterocycles.